The zero-order valence-electron chi connectivity index (χ0n) is 8.17. The van der Waals surface area contributed by atoms with Crippen molar-refractivity contribution in [1.29, 1.82) is 0 Å². The maximum Gasteiger partial charge on any atom is 0.330 e. The van der Waals surface area contributed by atoms with Crippen LogP contribution in [0.4, 0.5) is 0 Å². The zero-order valence-corrected chi connectivity index (χ0v) is 9.81. The molecule has 78 valence electrons. The Labute approximate surface area is 98.3 Å². The van der Waals surface area contributed by atoms with E-state index in [2.05, 4.69) is 4.74 Å². The number of hydrogen-bond acceptors (Lipinski definition) is 4. The van der Waals surface area contributed by atoms with Crippen LogP contribution in [0.3, 0.4) is 0 Å². The lowest BCUT2D eigenvalue weighted by molar-refractivity contribution is -0.134. The summed E-state index contributed by atoms with van der Waals surface area (Å²) in [7, 11) is 1.34. The number of ether oxygens (including phenoxy) is 1. The molecule has 0 amide bonds. The number of methoxy groups -OCH3 is 1. The molecule has 0 unspecified atom stereocenters. The predicted molar refractivity (Wildman–Crippen MR) is 66.9 cm³/mol. The van der Waals surface area contributed by atoms with E-state index in [0.29, 0.717) is 0 Å². The predicted octanol–water partition coefficient (Wildman–Crippen LogP) is 2.78. The number of carbonyl (C=O) groups is 1. The fourth-order valence-corrected chi connectivity index (χ4v) is 1.74. The molecule has 2 nitrogen and oxygen atoms in total. The highest BCUT2D eigenvalue weighted by atomic mass is 32.2. The Hall–Kier alpha value is -1.13. The fraction of sp³-hybridized carbons (Fsp3) is 0.0909. The van der Waals surface area contributed by atoms with Crippen molar-refractivity contribution in [3.63, 3.8) is 0 Å². The molecule has 0 fully saturated rings. The van der Waals surface area contributed by atoms with Gasteiger partial charge in [-0.15, -0.1) is 0 Å². The monoisotopic (exact) mass is 238 g/mol. The van der Waals surface area contributed by atoms with E-state index in [9.17, 15) is 4.79 Å². The van der Waals surface area contributed by atoms with E-state index in [1.165, 1.54) is 24.9 Å². The SMILES string of the molecule is COC(=O)C=CSC(=S)c1ccccc1. The van der Waals surface area contributed by atoms with Gasteiger partial charge in [-0.3, -0.25) is 0 Å². The summed E-state index contributed by atoms with van der Waals surface area (Å²) in [6.07, 6.45) is 1.35. The molecule has 0 N–H and O–H groups in total. The van der Waals surface area contributed by atoms with E-state index in [4.69, 9.17) is 12.2 Å². The lowest BCUT2D eigenvalue weighted by Crippen LogP contribution is -1.93. The first kappa shape index (κ1) is 11.9. The average Bonchev–Trinajstić information content (AvgIpc) is 2.29. The number of hydrogen-bond donors (Lipinski definition) is 0. The standard InChI is InChI=1S/C11H10O2S2/c1-13-10(12)7-8-15-11(14)9-5-3-2-4-6-9/h2-8H,1H3. The molecule has 1 aromatic rings. The van der Waals surface area contributed by atoms with Crippen LogP contribution in [0.1, 0.15) is 5.56 Å². The van der Waals surface area contributed by atoms with Gasteiger partial charge < -0.3 is 4.74 Å². The van der Waals surface area contributed by atoms with E-state index < -0.39 is 0 Å². The molecule has 0 saturated carbocycles. The molecular formula is C11H10O2S2. The first-order chi connectivity index (χ1) is 7.24. The first-order valence-corrected chi connectivity index (χ1v) is 5.53. The van der Waals surface area contributed by atoms with Crippen molar-refractivity contribution >= 4 is 34.1 Å². The second-order valence-corrected chi connectivity index (χ2v) is 4.18. The molecular weight excluding hydrogens is 228 g/mol. The molecule has 0 atom stereocenters. The van der Waals surface area contributed by atoms with Crippen LogP contribution < -0.4 is 0 Å². The highest BCUT2D eigenvalue weighted by Gasteiger charge is 1.98. The minimum Gasteiger partial charge on any atom is -0.466 e. The van der Waals surface area contributed by atoms with Crippen LogP contribution in [0, 0.1) is 0 Å². The summed E-state index contributed by atoms with van der Waals surface area (Å²) >= 11 is 6.49. The zero-order chi connectivity index (χ0) is 11.1. The number of thiocarbonyl (C=S) groups is 1. The topological polar surface area (TPSA) is 26.3 Å². The van der Waals surface area contributed by atoms with E-state index in [0.717, 1.165) is 9.76 Å². The molecule has 0 aromatic heterocycles. The van der Waals surface area contributed by atoms with Gasteiger partial charge in [0.25, 0.3) is 0 Å². The molecule has 0 heterocycles. The van der Waals surface area contributed by atoms with Crippen molar-refractivity contribution in [2.45, 2.75) is 0 Å². The Morgan fingerprint density at radius 3 is 2.67 bits per heavy atom. The lowest BCUT2D eigenvalue weighted by atomic mass is 10.2. The Morgan fingerprint density at radius 1 is 1.40 bits per heavy atom. The second-order valence-electron chi connectivity index (χ2n) is 2.60. The van der Waals surface area contributed by atoms with E-state index in [1.54, 1.807) is 5.41 Å². The van der Waals surface area contributed by atoms with E-state index >= 15 is 0 Å². The molecule has 0 bridgehead atoms. The van der Waals surface area contributed by atoms with E-state index in [1.807, 2.05) is 30.3 Å². The number of benzene rings is 1. The minimum atomic E-state index is -0.377. The van der Waals surface area contributed by atoms with Gasteiger partial charge in [0.15, 0.2) is 0 Å². The summed E-state index contributed by atoms with van der Waals surface area (Å²) in [5, 5.41) is 1.63. The Kier molecular flexibility index (Phi) is 5.07. The fourth-order valence-electron chi connectivity index (χ4n) is 0.862. The largest absolute Gasteiger partial charge is 0.466 e. The van der Waals surface area contributed by atoms with Gasteiger partial charge in [-0.05, 0) is 11.0 Å². The first-order valence-electron chi connectivity index (χ1n) is 4.24. The van der Waals surface area contributed by atoms with Crippen molar-refractivity contribution in [3.8, 4) is 0 Å². The summed E-state index contributed by atoms with van der Waals surface area (Å²) in [4.78, 5) is 10.8. The van der Waals surface area contributed by atoms with Crippen molar-refractivity contribution in [2.75, 3.05) is 7.11 Å². The smallest absolute Gasteiger partial charge is 0.330 e. The summed E-state index contributed by atoms with van der Waals surface area (Å²) in [6.45, 7) is 0. The second kappa shape index (κ2) is 6.37. The highest BCUT2D eigenvalue weighted by Crippen LogP contribution is 2.14. The molecule has 0 radical (unpaired) electrons. The number of rotatable bonds is 3. The van der Waals surface area contributed by atoms with Crippen LogP contribution in [-0.4, -0.2) is 17.3 Å². The van der Waals surface area contributed by atoms with Crippen molar-refractivity contribution in [3.05, 3.63) is 47.4 Å². The van der Waals surface area contributed by atoms with Crippen LogP contribution in [0.2, 0.25) is 0 Å². The van der Waals surface area contributed by atoms with Gasteiger partial charge in [-0.2, -0.15) is 0 Å². The van der Waals surface area contributed by atoms with Gasteiger partial charge in [0.05, 0.1) is 11.3 Å². The number of thioether (sulfide) groups is 1. The van der Waals surface area contributed by atoms with Crippen LogP contribution in [-0.2, 0) is 9.53 Å². The van der Waals surface area contributed by atoms with Crippen LogP contribution in [0.25, 0.3) is 0 Å². The van der Waals surface area contributed by atoms with Gasteiger partial charge in [0, 0.05) is 6.08 Å². The minimum absolute atomic E-state index is 0.377. The Morgan fingerprint density at radius 2 is 2.07 bits per heavy atom. The van der Waals surface area contributed by atoms with Gasteiger partial charge in [0.1, 0.15) is 0 Å². The third-order valence-corrected chi connectivity index (χ3v) is 2.84. The molecule has 0 aliphatic carbocycles. The van der Waals surface area contributed by atoms with Gasteiger partial charge in [-0.1, -0.05) is 54.3 Å². The maximum absolute atomic E-state index is 10.8. The Balaban J connectivity index is 2.51. The average molecular weight is 238 g/mol. The quantitative estimate of drug-likeness (QED) is 0.459. The molecule has 15 heavy (non-hydrogen) atoms. The van der Waals surface area contributed by atoms with Gasteiger partial charge >= 0.3 is 5.97 Å². The number of esters is 1. The van der Waals surface area contributed by atoms with Crippen LogP contribution >= 0.6 is 24.0 Å². The molecule has 1 aromatic carbocycles. The molecule has 0 aliphatic rings. The van der Waals surface area contributed by atoms with Crippen LogP contribution in [0.5, 0.6) is 0 Å². The molecule has 4 heteroatoms. The number of carbonyl (C=O) groups excluding carboxylic acids is 1. The van der Waals surface area contributed by atoms with Gasteiger partial charge in [-0.25, -0.2) is 4.79 Å². The summed E-state index contributed by atoms with van der Waals surface area (Å²) in [5.74, 6) is -0.377. The molecule has 1 rings (SSSR count). The van der Waals surface area contributed by atoms with Crippen molar-refractivity contribution in [1.82, 2.24) is 0 Å². The van der Waals surface area contributed by atoms with Crippen molar-refractivity contribution in [2.24, 2.45) is 0 Å². The molecule has 0 spiro atoms. The summed E-state index contributed by atoms with van der Waals surface area (Å²) in [5.41, 5.74) is 0.979. The normalized spacial score (nSPS) is 10.2. The maximum atomic E-state index is 10.8. The third kappa shape index (κ3) is 4.27. The third-order valence-electron chi connectivity index (χ3n) is 1.59. The van der Waals surface area contributed by atoms with Crippen LogP contribution in [0.15, 0.2) is 41.8 Å². The summed E-state index contributed by atoms with van der Waals surface area (Å²) < 4.78 is 5.19. The highest BCUT2D eigenvalue weighted by molar-refractivity contribution is 8.25. The molecule has 0 aliphatic heterocycles. The van der Waals surface area contributed by atoms with Gasteiger partial charge in [0.2, 0.25) is 0 Å². The Bertz CT molecular complexity index is 371. The summed E-state index contributed by atoms with van der Waals surface area (Å²) in [6, 6.07) is 9.64. The van der Waals surface area contributed by atoms with Crippen molar-refractivity contribution < 1.29 is 9.53 Å². The van der Waals surface area contributed by atoms with E-state index in [-0.39, 0.29) is 5.97 Å². The molecule has 0 saturated heterocycles. The lowest BCUT2D eigenvalue weighted by Gasteiger charge is -1.98.